The van der Waals surface area contributed by atoms with Gasteiger partial charge in [0.15, 0.2) is 5.75 Å². The number of carbonyl (C=O) groups is 1. The SMILES string of the molecule is Cc1cc(C(=O)O)c(O)c(S(=O)(=O)N2CC(n3cccn3)Cc3ccccc32)c1. The van der Waals surface area contributed by atoms with E-state index in [0.717, 1.165) is 5.56 Å². The standard InChI is InChI=1S/C20H19N3O5S/c1-13-9-16(20(25)26)19(24)18(10-13)29(27,28)23-12-15(22-8-4-7-21-22)11-14-5-2-3-6-17(14)23/h2-10,15,24H,11-12H2,1H3,(H,25,26). The molecule has 2 heterocycles. The molecule has 0 spiro atoms. The number of hydrogen-bond donors (Lipinski definition) is 2. The van der Waals surface area contributed by atoms with Crippen LogP contribution in [0.25, 0.3) is 0 Å². The van der Waals surface area contributed by atoms with Gasteiger partial charge >= 0.3 is 5.97 Å². The molecule has 0 amide bonds. The molecule has 1 unspecified atom stereocenters. The minimum atomic E-state index is -4.23. The predicted octanol–water partition coefficient (Wildman–Crippen LogP) is 2.59. The van der Waals surface area contributed by atoms with Gasteiger partial charge in [-0.2, -0.15) is 5.10 Å². The van der Waals surface area contributed by atoms with Crippen LogP contribution in [0.15, 0.2) is 59.8 Å². The monoisotopic (exact) mass is 413 g/mol. The number of para-hydroxylation sites is 1. The van der Waals surface area contributed by atoms with Crippen molar-refractivity contribution in [3.05, 3.63) is 71.5 Å². The molecule has 29 heavy (non-hydrogen) atoms. The number of fused-ring (bicyclic) bond motifs is 1. The Balaban J connectivity index is 1.87. The molecule has 0 radical (unpaired) electrons. The highest BCUT2D eigenvalue weighted by Crippen LogP contribution is 2.38. The lowest BCUT2D eigenvalue weighted by Crippen LogP contribution is -2.41. The maximum absolute atomic E-state index is 13.6. The summed E-state index contributed by atoms with van der Waals surface area (Å²) in [4.78, 5) is 11.0. The molecular weight excluding hydrogens is 394 g/mol. The second-order valence-corrected chi connectivity index (χ2v) is 8.80. The van der Waals surface area contributed by atoms with Gasteiger partial charge in [0.1, 0.15) is 10.5 Å². The van der Waals surface area contributed by atoms with E-state index in [2.05, 4.69) is 5.10 Å². The zero-order valence-electron chi connectivity index (χ0n) is 15.6. The highest BCUT2D eigenvalue weighted by molar-refractivity contribution is 7.93. The minimum absolute atomic E-state index is 0.108. The number of carboxylic acid groups (broad SMARTS) is 1. The Kier molecular flexibility index (Phi) is 4.54. The smallest absolute Gasteiger partial charge is 0.339 e. The van der Waals surface area contributed by atoms with Crippen molar-refractivity contribution < 1.29 is 23.4 Å². The van der Waals surface area contributed by atoms with Gasteiger partial charge in [-0.15, -0.1) is 0 Å². The summed E-state index contributed by atoms with van der Waals surface area (Å²) in [6, 6.07) is 11.2. The second-order valence-electron chi connectivity index (χ2n) is 6.97. The molecule has 3 aromatic rings. The number of sulfonamides is 1. The molecule has 1 aliphatic heterocycles. The summed E-state index contributed by atoms with van der Waals surface area (Å²) < 4.78 is 30.0. The Hall–Kier alpha value is -3.33. The van der Waals surface area contributed by atoms with E-state index in [1.165, 1.54) is 16.4 Å². The van der Waals surface area contributed by atoms with E-state index in [4.69, 9.17) is 0 Å². The Morgan fingerprint density at radius 1 is 1.21 bits per heavy atom. The Bertz CT molecular complexity index is 1190. The molecule has 0 aliphatic carbocycles. The van der Waals surface area contributed by atoms with Crippen molar-refractivity contribution in [1.29, 1.82) is 0 Å². The van der Waals surface area contributed by atoms with E-state index >= 15 is 0 Å². The van der Waals surface area contributed by atoms with Crippen LogP contribution in [-0.2, 0) is 16.4 Å². The summed E-state index contributed by atoms with van der Waals surface area (Å²) in [6.45, 7) is 1.69. The number of anilines is 1. The largest absolute Gasteiger partial charge is 0.506 e. The number of phenols is 1. The molecule has 2 N–H and O–H groups in total. The van der Waals surface area contributed by atoms with Crippen LogP contribution in [0.4, 0.5) is 5.69 Å². The molecule has 150 valence electrons. The molecule has 0 saturated carbocycles. The highest BCUT2D eigenvalue weighted by atomic mass is 32.2. The zero-order chi connectivity index (χ0) is 20.8. The van der Waals surface area contributed by atoms with Gasteiger partial charge in [-0.05, 0) is 48.7 Å². The van der Waals surface area contributed by atoms with Crippen molar-refractivity contribution in [2.45, 2.75) is 24.3 Å². The van der Waals surface area contributed by atoms with Crippen molar-refractivity contribution in [1.82, 2.24) is 9.78 Å². The molecule has 0 fully saturated rings. The average Bonchev–Trinajstić information content (AvgIpc) is 3.23. The van der Waals surface area contributed by atoms with Gasteiger partial charge in [-0.25, -0.2) is 13.2 Å². The molecule has 1 atom stereocenters. The number of nitrogens with zero attached hydrogens (tertiary/aromatic N) is 3. The molecular formula is C20H19N3O5S. The van der Waals surface area contributed by atoms with Crippen molar-refractivity contribution in [3.8, 4) is 5.75 Å². The highest BCUT2D eigenvalue weighted by Gasteiger charge is 2.36. The number of benzene rings is 2. The van der Waals surface area contributed by atoms with E-state index < -0.39 is 32.2 Å². The predicted molar refractivity (Wildman–Crippen MR) is 106 cm³/mol. The van der Waals surface area contributed by atoms with E-state index in [1.54, 1.807) is 42.2 Å². The molecule has 9 heteroatoms. The summed E-state index contributed by atoms with van der Waals surface area (Å²) in [7, 11) is -4.23. The van der Waals surface area contributed by atoms with E-state index in [9.17, 15) is 23.4 Å². The first-order valence-corrected chi connectivity index (χ1v) is 10.4. The summed E-state index contributed by atoms with van der Waals surface area (Å²) in [5, 5.41) is 24.0. The topological polar surface area (TPSA) is 113 Å². The van der Waals surface area contributed by atoms with E-state index in [0.29, 0.717) is 17.7 Å². The lowest BCUT2D eigenvalue weighted by Gasteiger charge is -2.35. The first kappa shape index (κ1) is 19.0. The fourth-order valence-corrected chi connectivity index (χ4v) is 5.39. The van der Waals surface area contributed by atoms with Crippen LogP contribution >= 0.6 is 0 Å². The van der Waals surface area contributed by atoms with Gasteiger partial charge in [0.25, 0.3) is 10.0 Å². The quantitative estimate of drug-likeness (QED) is 0.680. The van der Waals surface area contributed by atoms with Gasteiger partial charge in [0.2, 0.25) is 0 Å². The van der Waals surface area contributed by atoms with Crippen molar-refractivity contribution in [2.24, 2.45) is 0 Å². The Morgan fingerprint density at radius 3 is 2.66 bits per heavy atom. The van der Waals surface area contributed by atoms with Crippen molar-refractivity contribution in [3.63, 3.8) is 0 Å². The summed E-state index contributed by atoms with van der Waals surface area (Å²) in [5.74, 6) is -2.15. The normalized spacial score (nSPS) is 16.4. The number of aryl methyl sites for hydroxylation is 1. The maximum atomic E-state index is 13.6. The van der Waals surface area contributed by atoms with Crippen LogP contribution in [0.1, 0.15) is 27.5 Å². The second kappa shape index (κ2) is 6.93. The molecule has 4 rings (SSSR count). The maximum Gasteiger partial charge on any atom is 0.339 e. The lowest BCUT2D eigenvalue weighted by atomic mass is 10.00. The number of rotatable bonds is 4. The lowest BCUT2D eigenvalue weighted by molar-refractivity contribution is 0.0693. The van der Waals surface area contributed by atoms with E-state index in [-0.39, 0.29) is 12.6 Å². The zero-order valence-corrected chi connectivity index (χ0v) is 16.4. The van der Waals surface area contributed by atoms with Crippen molar-refractivity contribution in [2.75, 3.05) is 10.8 Å². The van der Waals surface area contributed by atoms with Crippen LogP contribution in [0.5, 0.6) is 5.75 Å². The third-order valence-corrected chi connectivity index (χ3v) is 6.80. The first-order valence-electron chi connectivity index (χ1n) is 8.95. The number of aromatic hydroxyl groups is 1. The van der Waals surface area contributed by atoms with Gasteiger partial charge in [0.05, 0.1) is 18.3 Å². The third kappa shape index (κ3) is 3.23. The molecule has 1 aliphatic rings. The van der Waals surface area contributed by atoms with Gasteiger partial charge in [-0.3, -0.25) is 8.99 Å². The number of hydrogen-bond acceptors (Lipinski definition) is 5. The van der Waals surface area contributed by atoms with Gasteiger partial charge < -0.3 is 10.2 Å². The molecule has 0 saturated heterocycles. The minimum Gasteiger partial charge on any atom is -0.506 e. The van der Waals surface area contributed by atoms with Gasteiger partial charge in [-0.1, -0.05) is 18.2 Å². The molecule has 1 aromatic heterocycles. The molecule has 2 aromatic carbocycles. The third-order valence-electron chi connectivity index (χ3n) is 5.01. The van der Waals surface area contributed by atoms with Crippen molar-refractivity contribution >= 4 is 21.7 Å². The molecule has 0 bridgehead atoms. The van der Waals surface area contributed by atoms with Gasteiger partial charge in [0, 0.05) is 12.4 Å². The Labute approximate surface area is 167 Å². The fraction of sp³-hybridized carbons (Fsp3) is 0.200. The summed E-state index contributed by atoms with van der Waals surface area (Å²) in [6.07, 6.45) is 4.00. The summed E-state index contributed by atoms with van der Waals surface area (Å²) >= 11 is 0. The van der Waals surface area contributed by atoms with Crippen LogP contribution in [-0.4, -0.2) is 40.9 Å². The average molecular weight is 413 g/mol. The number of aromatic carboxylic acids is 1. The first-order chi connectivity index (χ1) is 13.8. The van der Waals surface area contributed by atoms with Crippen LogP contribution in [0.2, 0.25) is 0 Å². The summed E-state index contributed by atoms with van der Waals surface area (Å²) in [5.41, 5.74) is 1.31. The number of carboxylic acids is 1. The van der Waals surface area contributed by atoms with Crippen LogP contribution in [0.3, 0.4) is 0 Å². The molecule has 8 nitrogen and oxygen atoms in total. The van der Waals surface area contributed by atoms with E-state index in [1.807, 2.05) is 12.1 Å². The van der Waals surface area contributed by atoms with Crippen LogP contribution in [0, 0.1) is 6.92 Å². The van der Waals surface area contributed by atoms with Crippen LogP contribution < -0.4 is 4.31 Å². The number of aromatic nitrogens is 2. The fourth-order valence-electron chi connectivity index (χ4n) is 3.66. The Morgan fingerprint density at radius 2 is 1.97 bits per heavy atom.